The van der Waals surface area contributed by atoms with Gasteiger partial charge in [-0.05, 0) is 35.9 Å². The smallest absolute Gasteiger partial charge is 0.231 e. The van der Waals surface area contributed by atoms with Crippen molar-refractivity contribution in [2.24, 2.45) is 0 Å². The van der Waals surface area contributed by atoms with Crippen molar-refractivity contribution in [3.8, 4) is 22.9 Å². The van der Waals surface area contributed by atoms with Crippen LogP contribution in [0.2, 0.25) is 10.0 Å². The SMILES string of the molecule is Nn1c(SCC(=O)NCc2ccc3c(c2)OCO3)nnc1-c1ccc(Cl)cc1Cl. The van der Waals surface area contributed by atoms with Gasteiger partial charge in [-0.15, -0.1) is 10.2 Å². The largest absolute Gasteiger partial charge is 0.454 e. The third-order valence-electron chi connectivity index (χ3n) is 4.10. The lowest BCUT2D eigenvalue weighted by Crippen LogP contribution is -2.25. The minimum Gasteiger partial charge on any atom is -0.454 e. The molecular formula is C18H15Cl2N5O3S. The van der Waals surface area contributed by atoms with Crippen LogP contribution in [0.15, 0.2) is 41.6 Å². The zero-order chi connectivity index (χ0) is 20.4. The molecule has 0 bridgehead atoms. The summed E-state index contributed by atoms with van der Waals surface area (Å²) in [5.74, 6) is 7.80. The van der Waals surface area contributed by atoms with E-state index in [1.54, 1.807) is 18.2 Å². The molecule has 1 amide bonds. The number of carbonyl (C=O) groups excluding carboxylic acids is 1. The summed E-state index contributed by atoms with van der Waals surface area (Å²) in [7, 11) is 0. The van der Waals surface area contributed by atoms with Crippen LogP contribution in [-0.4, -0.2) is 33.3 Å². The molecule has 1 aliphatic heterocycles. The number of aromatic nitrogens is 3. The average Bonchev–Trinajstić information content (AvgIpc) is 3.31. The van der Waals surface area contributed by atoms with E-state index in [1.165, 1.54) is 16.4 Å². The fraction of sp³-hybridized carbons (Fsp3) is 0.167. The third-order valence-corrected chi connectivity index (χ3v) is 5.59. The molecule has 4 rings (SSSR count). The van der Waals surface area contributed by atoms with Gasteiger partial charge in [0.2, 0.25) is 17.9 Å². The zero-order valence-corrected chi connectivity index (χ0v) is 17.2. The number of nitrogen functional groups attached to an aromatic ring is 1. The molecule has 8 nitrogen and oxygen atoms in total. The summed E-state index contributed by atoms with van der Waals surface area (Å²) in [6.45, 7) is 0.585. The van der Waals surface area contributed by atoms with E-state index in [2.05, 4.69) is 15.5 Å². The van der Waals surface area contributed by atoms with E-state index in [1.807, 2.05) is 18.2 Å². The summed E-state index contributed by atoms with van der Waals surface area (Å²) in [5, 5.41) is 12.3. The van der Waals surface area contributed by atoms with Gasteiger partial charge in [0.25, 0.3) is 0 Å². The van der Waals surface area contributed by atoms with Crippen LogP contribution in [0.25, 0.3) is 11.4 Å². The van der Waals surface area contributed by atoms with E-state index in [9.17, 15) is 4.79 Å². The Labute approximate surface area is 180 Å². The van der Waals surface area contributed by atoms with Crippen molar-refractivity contribution in [3.63, 3.8) is 0 Å². The molecular weight excluding hydrogens is 437 g/mol. The molecule has 3 aromatic rings. The lowest BCUT2D eigenvalue weighted by molar-refractivity contribution is -0.118. The molecule has 0 unspecified atom stereocenters. The van der Waals surface area contributed by atoms with Crippen LogP contribution in [0.3, 0.4) is 0 Å². The molecule has 29 heavy (non-hydrogen) atoms. The number of nitrogens with two attached hydrogens (primary N) is 1. The molecule has 0 aliphatic carbocycles. The van der Waals surface area contributed by atoms with Gasteiger partial charge in [-0.1, -0.05) is 41.0 Å². The number of ether oxygens (including phenoxy) is 2. The molecule has 2 aromatic carbocycles. The Morgan fingerprint density at radius 3 is 2.83 bits per heavy atom. The maximum Gasteiger partial charge on any atom is 0.231 e. The van der Waals surface area contributed by atoms with Crippen molar-refractivity contribution >= 4 is 40.9 Å². The Morgan fingerprint density at radius 1 is 1.17 bits per heavy atom. The number of amides is 1. The van der Waals surface area contributed by atoms with Gasteiger partial charge in [-0.25, -0.2) is 4.68 Å². The first-order chi connectivity index (χ1) is 14.0. The lowest BCUT2D eigenvalue weighted by atomic mass is 10.2. The Balaban J connectivity index is 1.34. The second-order valence-corrected chi connectivity index (χ2v) is 7.84. The highest BCUT2D eigenvalue weighted by Crippen LogP contribution is 2.32. The second kappa shape index (κ2) is 8.40. The van der Waals surface area contributed by atoms with Gasteiger partial charge in [0, 0.05) is 17.1 Å². The molecule has 2 heterocycles. The quantitative estimate of drug-likeness (QED) is 0.438. The van der Waals surface area contributed by atoms with Crippen LogP contribution in [0.5, 0.6) is 11.5 Å². The van der Waals surface area contributed by atoms with Crippen LogP contribution >= 0.6 is 35.0 Å². The van der Waals surface area contributed by atoms with Crippen LogP contribution < -0.4 is 20.6 Å². The van der Waals surface area contributed by atoms with Crippen molar-refractivity contribution < 1.29 is 14.3 Å². The topological polar surface area (TPSA) is 104 Å². The predicted molar refractivity (Wildman–Crippen MR) is 111 cm³/mol. The van der Waals surface area contributed by atoms with E-state index in [4.69, 9.17) is 38.5 Å². The number of fused-ring (bicyclic) bond motifs is 1. The monoisotopic (exact) mass is 451 g/mol. The number of nitrogens with one attached hydrogen (secondary N) is 1. The summed E-state index contributed by atoms with van der Waals surface area (Å²) in [6, 6.07) is 10.5. The Bertz CT molecular complexity index is 1080. The van der Waals surface area contributed by atoms with Crippen molar-refractivity contribution in [3.05, 3.63) is 52.0 Å². The summed E-state index contributed by atoms with van der Waals surface area (Å²) in [6.07, 6.45) is 0. The molecule has 0 spiro atoms. The molecule has 1 aliphatic rings. The molecule has 150 valence electrons. The molecule has 0 radical (unpaired) electrons. The highest BCUT2D eigenvalue weighted by atomic mass is 35.5. The minimum absolute atomic E-state index is 0.133. The number of carbonyl (C=O) groups is 1. The molecule has 11 heteroatoms. The van der Waals surface area contributed by atoms with Gasteiger partial charge < -0.3 is 20.6 Å². The number of hydrogen-bond donors (Lipinski definition) is 2. The number of hydrogen-bond acceptors (Lipinski definition) is 7. The summed E-state index contributed by atoms with van der Waals surface area (Å²) < 4.78 is 11.9. The van der Waals surface area contributed by atoms with Crippen molar-refractivity contribution in [2.75, 3.05) is 18.4 Å². The summed E-state index contributed by atoms with van der Waals surface area (Å²) >= 11 is 13.3. The van der Waals surface area contributed by atoms with Gasteiger partial charge in [-0.2, -0.15) is 0 Å². The third kappa shape index (κ3) is 4.36. The highest BCUT2D eigenvalue weighted by molar-refractivity contribution is 7.99. The first-order valence-electron chi connectivity index (χ1n) is 8.45. The normalized spacial score (nSPS) is 12.2. The Hall–Kier alpha value is -2.62. The van der Waals surface area contributed by atoms with E-state index < -0.39 is 0 Å². The lowest BCUT2D eigenvalue weighted by Gasteiger charge is -2.07. The first-order valence-corrected chi connectivity index (χ1v) is 10.2. The van der Waals surface area contributed by atoms with Gasteiger partial charge in [0.1, 0.15) is 0 Å². The van der Waals surface area contributed by atoms with Crippen molar-refractivity contribution in [2.45, 2.75) is 11.7 Å². The van der Waals surface area contributed by atoms with E-state index in [0.29, 0.717) is 44.6 Å². The molecule has 0 atom stereocenters. The number of halogens is 2. The minimum atomic E-state index is -0.165. The maximum atomic E-state index is 12.2. The van der Waals surface area contributed by atoms with E-state index in [0.717, 1.165) is 5.56 Å². The van der Waals surface area contributed by atoms with E-state index in [-0.39, 0.29) is 18.5 Å². The molecule has 1 aromatic heterocycles. The number of rotatable bonds is 6. The fourth-order valence-corrected chi connectivity index (χ4v) is 3.84. The second-order valence-electron chi connectivity index (χ2n) is 6.05. The van der Waals surface area contributed by atoms with Gasteiger partial charge >= 0.3 is 0 Å². The van der Waals surface area contributed by atoms with Crippen molar-refractivity contribution in [1.29, 1.82) is 0 Å². The van der Waals surface area contributed by atoms with Gasteiger partial charge in [0.05, 0.1) is 10.8 Å². The maximum absolute atomic E-state index is 12.2. The standard InChI is InChI=1S/C18H15Cl2N5O3S/c19-11-2-3-12(13(20)6-11)17-23-24-18(25(17)21)29-8-16(26)22-7-10-1-4-14-15(5-10)28-9-27-14/h1-6H,7-9,21H2,(H,22,26). The predicted octanol–water partition coefficient (Wildman–Crippen LogP) is 3.10. The Kier molecular flexibility index (Phi) is 5.70. The van der Waals surface area contributed by atoms with Crippen LogP contribution in [-0.2, 0) is 11.3 Å². The highest BCUT2D eigenvalue weighted by Gasteiger charge is 2.17. The number of benzene rings is 2. The fourth-order valence-electron chi connectivity index (χ4n) is 2.66. The van der Waals surface area contributed by atoms with Crippen LogP contribution in [0.1, 0.15) is 5.56 Å². The number of thioether (sulfide) groups is 1. The molecule has 0 saturated heterocycles. The van der Waals surface area contributed by atoms with Crippen LogP contribution in [0.4, 0.5) is 0 Å². The van der Waals surface area contributed by atoms with Gasteiger partial charge in [0.15, 0.2) is 17.3 Å². The average molecular weight is 452 g/mol. The molecule has 0 fully saturated rings. The Morgan fingerprint density at radius 2 is 2.00 bits per heavy atom. The van der Waals surface area contributed by atoms with Crippen molar-refractivity contribution in [1.82, 2.24) is 20.2 Å². The number of nitrogens with zero attached hydrogens (tertiary/aromatic N) is 3. The zero-order valence-electron chi connectivity index (χ0n) is 14.9. The summed E-state index contributed by atoms with van der Waals surface area (Å²) in [4.78, 5) is 12.2. The summed E-state index contributed by atoms with van der Waals surface area (Å²) in [5.41, 5.74) is 1.51. The van der Waals surface area contributed by atoms with Crippen LogP contribution in [0, 0.1) is 0 Å². The van der Waals surface area contributed by atoms with Gasteiger partial charge in [-0.3, -0.25) is 4.79 Å². The molecule has 0 saturated carbocycles. The van der Waals surface area contributed by atoms with E-state index >= 15 is 0 Å². The first kappa shape index (κ1) is 19.7. The molecule has 3 N–H and O–H groups in total.